The molecule has 0 radical (unpaired) electrons. The topological polar surface area (TPSA) is 96.5 Å². The van der Waals surface area contributed by atoms with Crippen LogP contribution in [-0.4, -0.2) is 31.0 Å². The zero-order valence-electron chi connectivity index (χ0n) is 11.0. The first kappa shape index (κ1) is 13.3. The molecule has 2 aliphatic rings. The van der Waals surface area contributed by atoms with Gasteiger partial charge in [-0.2, -0.15) is 0 Å². The van der Waals surface area contributed by atoms with Gasteiger partial charge in [0.1, 0.15) is 11.6 Å². The Morgan fingerprint density at radius 2 is 2.24 bits per heavy atom. The van der Waals surface area contributed by atoms with E-state index in [2.05, 4.69) is 16.0 Å². The monoisotopic (exact) mass is 293 g/mol. The van der Waals surface area contributed by atoms with Crippen molar-refractivity contribution in [1.82, 2.24) is 16.0 Å². The molecule has 2 atom stereocenters. The molecular formula is C13H12FN3O4. The second kappa shape index (κ2) is 4.44. The first-order valence-electron chi connectivity index (χ1n) is 6.28. The van der Waals surface area contributed by atoms with E-state index >= 15 is 0 Å². The van der Waals surface area contributed by atoms with Gasteiger partial charge in [-0.05, 0) is 18.2 Å². The Morgan fingerprint density at radius 1 is 1.48 bits per heavy atom. The summed E-state index contributed by atoms with van der Waals surface area (Å²) in [6.07, 6.45) is -1.07. The van der Waals surface area contributed by atoms with Crippen LogP contribution in [0.2, 0.25) is 0 Å². The van der Waals surface area contributed by atoms with Gasteiger partial charge in [-0.3, -0.25) is 14.9 Å². The number of halogens is 1. The van der Waals surface area contributed by atoms with Crippen molar-refractivity contribution in [3.8, 4) is 5.75 Å². The molecule has 2 aliphatic heterocycles. The van der Waals surface area contributed by atoms with E-state index < -0.39 is 35.3 Å². The molecule has 1 saturated heterocycles. The minimum absolute atomic E-state index is 0.110. The fourth-order valence-electron chi connectivity index (χ4n) is 2.65. The number of nitrogens with one attached hydrogen (secondary N) is 3. The van der Waals surface area contributed by atoms with Gasteiger partial charge in [0.2, 0.25) is 0 Å². The van der Waals surface area contributed by atoms with Crippen molar-refractivity contribution in [3.05, 3.63) is 29.6 Å². The summed E-state index contributed by atoms with van der Waals surface area (Å²) >= 11 is 0. The summed E-state index contributed by atoms with van der Waals surface area (Å²) in [7, 11) is 1.44. The second-order valence-electron chi connectivity index (χ2n) is 4.88. The van der Waals surface area contributed by atoms with Gasteiger partial charge in [0.15, 0.2) is 11.6 Å². The minimum atomic E-state index is -1.50. The molecule has 3 N–H and O–H groups in total. The van der Waals surface area contributed by atoms with Crippen LogP contribution in [0, 0.1) is 5.82 Å². The molecule has 2 heterocycles. The first-order valence-corrected chi connectivity index (χ1v) is 6.28. The highest BCUT2D eigenvalue weighted by Crippen LogP contribution is 2.41. The molecule has 1 aromatic carbocycles. The predicted octanol–water partition coefficient (Wildman–Crippen LogP) is -0.243. The van der Waals surface area contributed by atoms with Crippen LogP contribution in [0.1, 0.15) is 12.0 Å². The normalized spacial score (nSPS) is 26.7. The maximum atomic E-state index is 13.5. The summed E-state index contributed by atoms with van der Waals surface area (Å²) in [5, 5.41) is 7.03. The molecule has 3 rings (SSSR count). The van der Waals surface area contributed by atoms with Gasteiger partial charge in [0, 0.05) is 19.0 Å². The summed E-state index contributed by atoms with van der Waals surface area (Å²) in [5.74, 6) is -1.44. The van der Waals surface area contributed by atoms with Gasteiger partial charge in [0.05, 0.1) is 0 Å². The molecule has 110 valence electrons. The number of likely N-dealkylation sites (N-methyl/N-ethyl adjacent to an activating group) is 1. The van der Waals surface area contributed by atoms with Crippen molar-refractivity contribution in [3.63, 3.8) is 0 Å². The van der Waals surface area contributed by atoms with Gasteiger partial charge in [0.25, 0.3) is 11.8 Å². The van der Waals surface area contributed by atoms with Gasteiger partial charge in [-0.1, -0.05) is 0 Å². The molecule has 0 aromatic heterocycles. The molecule has 8 heteroatoms. The standard InChI is InChI=1S/C13H12FN3O4/c1-15-10(18)9-5-13(11(19)16-12(20)17-13)7-4-6(14)2-3-8(7)21-9/h2-4,9H,5H2,1H3,(H,15,18)(H2,16,17,19,20)/t9-,13-/m1/s1. The highest BCUT2D eigenvalue weighted by molar-refractivity contribution is 6.08. The van der Waals surface area contributed by atoms with E-state index in [1.54, 1.807) is 0 Å². The predicted molar refractivity (Wildman–Crippen MR) is 67.9 cm³/mol. The smallest absolute Gasteiger partial charge is 0.322 e. The van der Waals surface area contributed by atoms with Gasteiger partial charge >= 0.3 is 6.03 Å². The quantitative estimate of drug-likeness (QED) is 0.622. The Morgan fingerprint density at radius 3 is 2.86 bits per heavy atom. The Kier molecular flexibility index (Phi) is 2.82. The van der Waals surface area contributed by atoms with Gasteiger partial charge in [-0.15, -0.1) is 0 Å². The third kappa shape index (κ3) is 1.91. The Balaban J connectivity index is 2.14. The van der Waals surface area contributed by atoms with Crippen LogP contribution in [0.3, 0.4) is 0 Å². The molecule has 0 saturated carbocycles. The van der Waals surface area contributed by atoms with Crippen LogP contribution in [0.25, 0.3) is 0 Å². The zero-order chi connectivity index (χ0) is 15.2. The van der Waals surface area contributed by atoms with Crippen LogP contribution in [0.5, 0.6) is 5.75 Å². The maximum absolute atomic E-state index is 13.5. The molecule has 1 aromatic rings. The second-order valence-corrected chi connectivity index (χ2v) is 4.88. The molecule has 0 aliphatic carbocycles. The number of carbonyl (C=O) groups excluding carboxylic acids is 3. The fourth-order valence-corrected chi connectivity index (χ4v) is 2.65. The van der Waals surface area contributed by atoms with E-state index in [0.717, 1.165) is 12.1 Å². The van der Waals surface area contributed by atoms with Crippen molar-refractivity contribution < 1.29 is 23.5 Å². The highest BCUT2D eigenvalue weighted by atomic mass is 19.1. The SMILES string of the molecule is CNC(=O)[C@H]1C[C@@]2(NC(=O)NC2=O)c2cc(F)ccc2O1. The molecule has 1 fully saturated rings. The number of hydrogen-bond donors (Lipinski definition) is 3. The summed E-state index contributed by atoms with van der Waals surface area (Å²) < 4.78 is 19.0. The Labute approximate surface area is 118 Å². The van der Waals surface area contributed by atoms with Gasteiger partial charge < -0.3 is 15.4 Å². The lowest BCUT2D eigenvalue weighted by atomic mass is 9.81. The summed E-state index contributed by atoms with van der Waals surface area (Å²) in [5.41, 5.74) is -1.30. The number of amides is 4. The Bertz CT molecular complexity index is 663. The lowest BCUT2D eigenvalue weighted by molar-refractivity contribution is -0.132. The molecular weight excluding hydrogens is 281 g/mol. The molecule has 1 spiro atoms. The number of carbonyl (C=O) groups is 3. The van der Waals surface area contributed by atoms with Crippen LogP contribution >= 0.6 is 0 Å². The molecule has 4 amide bonds. The molecule has 0 unspecified atom stereocenters. The van der Waals surface area contributed by atoms with E-state index in [0.29, 0.717) is 0 Å². The minimum Gasteiger partial charge on any atom is -0.480 e. The zero-order valence-corrected chi connectivity index (χ0v) is 11.0. The van der Waals surface area contributed by atoms with E-state index in [9.17, 15) is 18.8 Å². The molecule has 0 bridgehead atoms. The number of fused-ring (bicyclic) bond motifs is 2. The van der Waals surface area contributed by atoms with E-state index in [4.69, 9.17) is 4.74 Å². The first-order chi connectivity index (χ1) is 9.96. The Hall–Kier alpha value is -2.64. The summed E-state index contributed by atoms with van der Waals surface area (Å²) in [4.78, 5) is 35.5. The van der Waals surface area contributed by atoms with Crippen molar-refractivity contribution in [2.24, 2.45) is 0 Å². The third-order valence-electron chi connectivity index (χ3n) is 3.64. The average Bonchev–Trinajstić information content (AvgIpc) is 2.73. The average molecular weight is 293 g/mol. The lowest BCUT2D eigenvalue weighted by Crippen LogP contribution is -2.53. The summed E-state index contributed by atoms with van der Waals surface area (Å²) in [6, 6.07) is 2.93. The fraction of sp³-hybridized carbons (Fsp3) is 0.308. The number of imide groups is 1. The van der Waals surface area contributed by atoms with Crippen molar-refractivity contribution >= 4 is 17.8 Å². The van der Waals surface area contributed by atoms with E-state index in [1.165, 1.54) is 13.1 Å². The van der Waals surface area contributed by atoms with Crippen LogP contribution < -0.4 is 20.7 Å². The molecule has 21 heavy (non-hydrogen) atoms. The van der Waals surface area contributed by atoms with Crippen molar-refractivity contribution in [2.45, 2.75) is 18.1 Å². The largest absolute Gasteiger partial charge is 0.480 e. The lowest BCUT2D eigenvalue weighted by Gasteiger charge is -2.36. The van der Waals surface area contributed by atoms with Crippen molar-refractivity contribution in [2.75, 3.05) is 7.05 Å². The van der Waals surface area contributed by atoms with E-state index in [-0.39, 0.29) is 17.7 Å². The van der Waals surface area contributed by atoms with Crippen molar-refractivity contribution in [1.29, 1.82) is 0 Å². The maximum Gasteiger partial charge on any atom is 0.322 e. The summed E-state index contributed by atoms with van der Waals surface area (Å²) in [6.45, 7) is 0. The highest BCUT2D eigenvalue weighted by Gasteiger charge is 2.54. The van der Waals surface area contributed by atoms with Gasteiger partial charge in [-0.25, -0.2) is 9.18 Å². The number of hydrogen-bond acceptors (Lipinski definition) is 4. The van der Waals surface area contributed by atoms with Crippen LogP contribution in [0.15, 0.2) is 18.2 Å². The number of rotatable bonds is 1. The number of urea groups is 1. The number of benzene rings is 1. The third-order valence-corrected chi connectivity index (χ3v) is 3.64. The van der Waals surface area contributed by atoms with Crippen LogP contribution in [0.4, 0.5) is 9.18 Å². The van der Waals surface area contributed by atoms with E-state index in [1.807, 2.05) is 0 Å². The van der Waals surface area contributed by atoms with Crippen LogP contribution in [-0.2, 0) is 15.1 Å². The molecule has 7 nitrogen and oxygen atoms in total. The number of ether oxygens (including phenoxy) is 1.